The minimum Gasteiger partial charge on any atom is -0.395 e. The molecule has 82 valence electrons. The maximum atomic E-state index is 10.9. The lowest BCUT2D eigenvalue weighted by molar-refractivity contribution is 0.0996. The van der Waals surface area contributed by atoms with Crippen LogP contribution >= 0.6 is 22.6 Å². The van der Waals surface area contributed by atoms with Crippen LogP contribution in [0.1, 0.15) is 10.5 Å². The first kappa shape index (κ1) is 10.8. The van der Waals surface area contributed by atoms with Crippen LogP contribution in [0.4, 0.5) is 5.69 Å². The average Bonchev–Trinajstić information content (AvgIpc) is 2.61. The normalized spacial score (nSPS) is 10.3. The van der Waals surface area contributed by atoms with Gasteiger partial charge in [-0.1, -0.05) is 0 Å². The first-order chi connectivity index (χ1) is 7.58. The predicted molar refractivity (Wildman–Crippen MR) is 64.8 cm³/mol. The summed E-state index contributed by atoms with van der Waals surface area (Å²) >= 11 is 2.08. The van der Waals surface area contributed by atoms with E-state index in [1.54, 1.807) is 12.4 Å². The monoisotopic (exact) mass is 330 g/mol. The van der Waals surface area contributed by atoms with Crippen LogP contribution in [0.5, 0.6) is 0 Å². The number of nitrogen functional groups attached to an aromatic ring is 1. The fourth-order valence-corrected chi connectivity index (χ4v) is 1.38. The number of hydrogen-bond acceptors (Lipinski definition) is 5. The van der Waals surface area contributed by atoms with Crippen molar-refractivity contribution in [2.75, 3.05) is 5.73 Å². The van der Waals surface area contributed by atoms with Gasteiger partial charge in [-0.25, -0.2) is 14.6 Å². The Labute approximate surface area is 104 Å². The number of carbonyl (C=O) groups is 1. The lowest BCUT2D eigenvalue weighted by atomic mass is 10.4. The second-order valence-corrected chi connectivity index (χ2v) is 4.19. The highest BCUT2D eigenvalue weighted by molar-refractivity contribution is 14.1. The van der Waals surface area contributed by atoms with Crippen LogP contribution in [0.25, 0.3) is 5.95 Å². The Balaban J connectivity index is 2.45. The number of carbonyl (C=O) groups excluding carboxylic acids is 1. The highest BCUT2D eigenvalue weighted by atomic mass is 127. The van der Waals surface area contributed by atoms with Crippen LogP contribution in [0, 0.1) is 3.57 Å². The minimum absolute atomic E-state index is 0.0159. The van der Waals surface area contributed by atoms with Crippen LogP contribution < -0.4 is 11.5 Å². The zero-order chi connectivity index (χ0) is 11.7. The summed E-state index contributed by atoms with van der Waals surface area (Å²) in [6.07, 6.45) is 4.71. The van der Waals surface area contributed by atoms with Crippen molar-refractivity contribution in [2.24, 2.45) is 5.73 Å². The van der Waals surface area contributed by atoms with E-state index in [4.69, 9.17) is 11.5 Å². The number of anilines is 1. The molecule has 0 fully saturated rings. The first-order valence-corrected chi connectivity index (χ1v) is 5.28. The van der Waals surface area contributed by atoms with Crippen LogP contribution in [0.2, 0.25) is 0 Å². The molecular weight excluding hydrogens is 323 g/mol. The number of halogens is 1. The predicted octanol–water partition coefficient (Wildman–Crippen LogP) is -0.0520. The fourth-order valence-electron chi connectivity index (χ4n) is 1.10. The van der Waals surface area contributed by atoms with Gasteiger partial charge in [0.05, 0.1) is 11.9 Å². The Morgan fingerprint density at radius 1 is 1.38 bits per heavy atom. The van der Waals surface area contributed by atoms with E-state index < -0.39 is 5.91 Å². The van der Waals surface area contributed by atoms with Crippen molar-refractivity contribution in [1.82, 2.24) is 19.7 Å². The summed E-state index contributed by atoms with van der Waals surface area (Å²) in [5.41, 5.74) is 10.9. The smallest absolute Gasteiger partial charge is 0.271 e. The van der Waals surface area contributed by atoms with Crippen LogP contribution in [0.3, 0.4) is 0 Å². The first-order valence-electron chi connectivity index (χ1n) is 4.21. The number of amides is 1. The zero-order valence-electron chi connectivity index (χ0n) is 7.96. The van der Waals surface area contributed by atoms with E-state index in [0.29, 0.717) is 5.95 Å². The van der Waals surface area contributed by atoms with Gasteiger partial charge < -0.3 is 11.5 Å². The molecule has 0 aliphatic heterocycles. The number of rotatable bonds is 2. The van der Waals surface area contributed by atoms with E-state index >= 15 is 0 Å². The SMILES string of the molecule is NC(=O)c1nn(-c2ncc(I)cn2)cc1N. The number of nitrogens with two attached hydrogens (primary N) is 2. The molecule has 0 saturated heterocycles. The summed E-state index contributed by atoms with van der Waals surface area (Å²) in [6, 6.07) is 0. The Hall–Kier alpha value is -1.71. The van der Waals surface area contributed by atoms with E-state index in [2.05, 4.69) is 37.7 Å². The largest absolute Gasteiger partial charge is 0.395 e. The van der Waals surface area contributed by atoms with Gasteiger partial charge in [0.25, 0.3) is 11.9 Å². The lowest BCUT2D eigenvalue weighted by Gasteiger charge is -1.97. The van der Waals surface area contributed by atoms with Crippen LogP contribution in [-0.2, 0) is 0 Å². The van der Waals surface area contributed by atoms with E-state index in [-0.39, 0.29) is 11.4 Å². The van der Waals surface area contributed by atoms with Gasteiger partial charge in [0, 0.05) is 16.0 Å². The Kier molecular flexibility index (Phi) is 2.73. The topological polar surface area (TPSA) is 113 Å². The summed E-state index contributed by atoms with van der Waals surface area (Å²) in [4.78, 5) is 19.0. The molecular formula is C8H7IN6O. The molecule has 0 atom stereocenters. The number of primary amides is 1. The third-order valence-electron chi connectivity index (χ3n) is 1.79. The molecule has 0 unspecified atom stereocenters. The maximum absolute atomic E-state index is 10.9. The zero-order valence-corrected chi connectivity index (χ0v) is 10.1. The Morgan fingerprint density at radius 2 is 2.00 bits per heavy atom. The molecule has 0 bridgehead atoms. The summed E-state index contributed by atoms with van der Waals surface area (Å²) in [7, 11) is 0. The molecule has 0 spiro atoms. The second kappa shape index (κ2) is 4.04. The van der Waals surface area contributed by atoms with Gasteiger partial charge in [0.1, 0.15) is 0 Å². The maximum Gasteiger partial charge on any atom is 0.271 e. The molecule has 2 heterocycles. The molecule has 0 aliphatic carbocycles. The molecule has 2 aromatic heterocycles. The molecule has 0 radical (unpaired) electrons. The summed E-state index contributed by atoms with van der Waals surface area (Å²) in [6.45, 7) is 0. The Bertz CT molecular complexity index is 534. The second-order valence-electron chi connectivity index (χ2n) is 2.94. The van der Waals surface area contributed by atoms with Crippen molar-refractivity contribution in [3.63, 3.8) is 0 Å². The van der Waals surface area contributed by atoms with Crippen LogP contribution in [0.15, 0.2) is 18.6 Å². The molecule has 8 heteroatoms. The van der Waals surface area contributed by atoms with Gasteiger partial charge in [0.2, 0.25) is 0 Å². The molecule has 0 aliphatic rings. The summed E-state index contributed by atoms with van der Waals surface area (Å²) < 4.78 is 2.21. The van der Waals surface area contributed by atoms with Crippen molar-refractivity contribution in [3.05, 3.63) is 27.9 Å². The third-order valence-corrected chi connectivity index (χ3v) is 2.34. The fraction of sp³-hybridized carbons (Fsp3) is 0. The molecule has 16 heavy (non-hydrogen) atoms. The molecule has 2 aromatic rings. The van der Waals surface area contributed by atoms with Gasteiger partial charge in [-0.15, -0.1) is 0 Å². The molecule has 0 saturated carbocycles. The molecule has 7 nitrogen and oxygen atoms in total. The number of nitrogens with zero attached hydrogens (tertiary/aromatic N) is 4. The van der Waals surface area contributed by atoms with E-state index in [9.17, 15) is 4.79 Å². The molecule has 1 amide bonds. The van der Waals surface area contributed by atoms with Crippen molar-refractivity contribution in [3.8, 4) is 5.95 Å². The highest BCUT2D eigenvalue weighted by Crippen LogP contribution is 2.11. The van der Waals surface area contributed by atoms with Gasteiger partial charge in [0.15, 0.2) is 5.69 Å². The standard InChI is InChI=1S/C8H7IN6O/c9-4-1-12-8(13-2-4)15-3-5(10)6(14-15)7(11)16/h1-3H,10H2,(H2,11,16). The minimum atomic E-state index is -0.679. The van der Waals surface area contributed by atoms with Crippen molar-refractivity contribution < 1.29 is 4.79 Å². The summed E-state index contributed by atoms with van der Waals surface area (Å²) in [5.74, 6) is -0.346. The van der Waals surface area contributed by atoms with E-state index in [0.717, 1.165) is 3.57 Å². The van der Waals surface area contributed by atoms with E-state index in [1.807, 2.05) is 0 Å². The van der Waals surface area contributed by atoms with Gasteiger partial charge in [-0.3, -0.25) is 4.79 Å². The lowest BCUT2D eigenvalue weighted by Crippen LogP contribution is -2.14. The number of hydrogen-bond donors (Lipinski definition) is 2. The molecule has 2 rings (SSSR count). The quantitative estimate of drug-likeness (QED) is 0.750. The third kappa shape index (κ3) is 1.96. The molecule has 4 N–H and O–H groups in total. The Morgan fingerprint density at radius 3 is 2.50 bits per heavy atom. The van der Waals surface area contributed by atoms with Crippen molar-refractivity contribution in [2.45, 2.75) is 0 Å². The van der Waals surface area contributed by atoms with Crippen molar-refractivity contribution >= 4 is 34.2 Å². The highest BCUT2D eigenvalue weighted by Gasteiger charge is 2.13. The van der Waals surface area contributed by atoms with Gasteiger partial charge in [-0.2, -0.15) is 5.10 Å². The van der Waals surface area contributed by atoms with Gasteiger partial charge in [-0.05, 0) is 22.6 Å². The molecule has 0 aromatic carbocycles. The number of aromatic nitrogens is 4. The van der Waals surface area contributed by atoms with Crippen LogP contribution in [-0.4, -0.2) is 25.7 Å². The van der Waals surface area contributed by atoms with E-state index in [1.165, 1.54) is 10.9 Å². The van der Waals surface area contributed by atoms with Crippen molar-refractivity contribution in [1.29, 1.82) is 0 Å². The van der Waals surface area contributed by atoms with Gasteiger partial charge >= 0.3 is 0 Å². The average molecular weight is 330 g/mol. The summed E-state index contributed by atoms with van der Waals surface area (Å²) in [5, 5.41) is 3.90.